The van der Waals surface area contributed by atoms with Crippen molar-refractivity contribution in [3.8, 4) is 0 Å². The summed E-state index contributed by atoms with van der Waals surface area (Å²) >= 11 is 0. The second kappa shape index (κ2) is 5.37. The number of carbonyl (C=O) groups is 2. The fourth-order valence-corrected chi connectivity index (χ4v) is 2.79. The van der Waals surface area contributed by atoms with Crippen LogP contribution in [0.2, 0.25) is 0 Å². The van der Waals surface area contributed by atoms with E-state index in [9.17, 15) is 9.59 Å². The lowest BCUT2D eigenvalue weighted by Gasteiger charge is -2.64. The number of piperazine rings is 1. The van der Waals surface area contributed by atoms with Crippen LogP contribution in [0.3, 0.4) is 0 Å². The fourth-order valence-electron chi connectivity index (χ4n) is 2.79. The molecule has 2 aliphatic heterocycles. The van der Waals surface area contributed by atoms with Crippen LogP contribution in [0.25, 0.3) is 0 Å². The van der Waals surface area contributed by atoms with E-state index in [-0.39, 0.29) is 30.6 Å². The molecule has 0 aromatic heterocycles. The highest BCUT2D eigenvalue weighted by Gasteiger charge is 2.57. The van der Waals surface area contributed by atoms with Crippen LogP contribution >= 0.6 is 0 Å². The molecule has 2 aliphatic rings. The topological polar surface area (TPSA) is 70.7 Å². The number of likely N-dealkylation sites (tertiary alicyclic amines) is 1. The SMILES string of the molecule is CC12CN(C(=O)CNC(=O)OCc3ccccc3)[C@@H]1CN2. The molecule has 0 saturated carbocycles. The van der Waals surface area contributed by atoms with E-state index >= 15 is 0 Å². The molecule has 112 valence electrons. The fraction of sp³-hybridized carbons (Fsp3) is 0.467. The van der Waals surface area contributed by atoms with Gasteiger partial charge in [-0.1, -0.05) is 30.3 Å². The summed E-state index contributed by atoms with van der Waals surface area (Å²) in [5, 5.41) is 5.80. The molecule has 6 heteroatoms. The zero-order chi connectivity index (χ0) is 14.9. The molecule has 6 nitrogen and oxygen atoms in total. The molecule has 2 amide bonds. The smallest absolute Gasteiger partial charge is 0.407 e. The van der Waals surface area contributed by atoms with Gasteiger partial charge in [0, 0.05) is 13.1 Å². The first-order valence-electron chi connectivity index (χ1n) is 7.07. The predicted octanol–water partition coefficient (Wildman–Crippen LogP) is 0.485. The summed E-state index contributed by atoms with van der Waals surface area (Å²) in [5.41, 5.74) is 1.00. The minimum atomic E-state index is -0.567. The van der Waals surface area contributed by atoms with Gasteiger partial charge in [0.2, 0.25) is 5.91 Å². The van der Waals surface area contributed by atoms with Crippen LogP contribution in [0.1, 0.15) is 12.5 Å². The molecule has 2 fully saturated rings. The maximum atomic E-state index is 12.0. The Morgan fingerprint density at radius 2 is 2.19 bits per heavy atom. The number of carbonyl (C=O) groups excluding carboxylic acids is 2. The third kappa shape index (κ3) is 2.71. The minimum Gasteiger partial charge on any atom is -0.445 e. The number of rotatable bonds is 4. The summed E-state index contributed by atoms with van der Waals surface area (Å²) in [6.07, 6.45) is -0.567. The van der Waals surface area contributed by atoms with Crippen LogP contribution in [0, 0.1) is 0 Å². The molecule has 3 rings (SSSR count). The highest BCUT2D eigenvalue weighted by molar-refractivity contribution is 5.83. The van der Waals surface area contributed by atoms with Gasteiger partial charge in [0.25, 0.3) is 0 Å². The Labute approximate surface area is 123 Å². The second-order valence-electron chi connectivity index (χ2n) is 5.75. The first kappa shape index (κ1) is 13.9. The average Bonchev–Trinajstić information content (AvgIpc) is 2.50. The third-order valence-electron chi connectivity index (χ3n) is 4.23. The molecule has 1 aromatic rings. The van der Waals surface area contributed by atoms with Crippen molar-refractivity contribution in [2.24, 2.45) is 0 Å². The number of alkyl carbamates (subject to hydrolysis) is 1. The first-order chi connectivity index (χ1) is 10.1. The first-order valence-corrected chi connectivity index (χ1v) is 7.07. The van der Waals surface area contributed by atoms with Gasteiger partial charge in [-0.2, -0.15) is 0 Å². The molecule has 2 atom stereocenters. The van der Waals surface area contributed by atoms with E-state index < -0.39 is 6.09 Å². The molecule has 0 aliphatic carbocycles. The van der Waals surface area contributed by atoms with Gasteiger partial charge in [-0.15, -0.1) is 0 Å². The normalized spacial score (nSPS) is 26.1. The summed E-state index contributed by atoms with van der Waals surface area (Å²) in [6, 6.07) is 9.69. The van der Waals surface area contributed by atoms with Gasteiger partial charge in [0.05, 0.1) is 11.6 Å². The van der Waals surface area contributed by atoms with Crippen molar-refractivity contribution < 1.29 is 14.3 Å². The zero-order valence-electron chi connectivity index (χ0n) is 12.0. The Hall–Kier alpha value is -2.08. The monoisotopic (exact) mass is 289 g/mol. The lowest BCUT2D eigenvalue weighted by atomic mass is 9.74. The number of amides is 2. The van der Waals surface area contributed by atoms with Crippen molar-refractivity contribution in [2.75, 3.05) is 19.6 Å². The van der Waals surface area contributed by atoms with E-state index in [1.165, 1.54) is 0 Å². The molecule has 21 heavy (non-hydrogen) atoms. The van der Waals surface area contributed by atoms with Crippen molar-refractivity contribution in [1.29, 1.82) is 0 Å². The molecule has 2 heterocycles. The number of benzene rings is 1. The Morgan fingerprint density at radius 3 is 2.76 bits per heavy atom. The van der Waals surface area contributed by atoms with Crippen LogP contribution in [0.5, 0.6) is 0 Å². The average molecular weight is 289 g/mol. The van der Waals surface area contributed by atoms with Gasteiger partial charge in [0.15, 0.2) is 0 Å². The third-order valence-corrected chi connectivity index (χ3v) is 4.23. The van der Waals surface area contributed by atoms with Crippen LogP contribution < -0.4 is 10.6 Å². The summed E-state index contributed by atoms with van der Waals surface area (Å²) in [7, 11) is 0. The number of fused-ring (bicyclic) bond motifs is 1. The number of nitrogens with one attached hydrogen (secondary N) is 2. The standard InChI is InChI=1S/C15H19N3O3/c1-15-10-18(12(15)7-17-15)13(19)8-16-14(20)21-9-11-5-3-2-4-6-11/h2-6,12,17H,7-10H2,1H3,(H,16,20)/t12-,15?/m1/s1. The Kier molecular flexibility index (Phi) is 3.55. The molecule has 1 unspecified atom stereocenters. The van der Waals surface area contributed by atoms with E-state index in [4.69, 9.17) is 4.74 Å². The molecule has 2 N–H and O–H groups in total. The maximum Gasteiger partial charge on any atom is 0.407 e. The Bertz CT molecular complexity index is 548. The Morgan fingerprint density at radius 1 is 1.43 bits per heavy atom. The van der Waals surface area contributed by atoms with Crippen molar-refractivity contribution in [3.63, 3.8) is 0 Å². The summed E-state index contributed by atoms with van der Waals surface area (Å²) < 4.78 is 5.06. The molecular weight excluding hydrogens is 270 g/mol. The van der Waals surface area contributed by atoms with Crippen LogP contribution in [0.15, 0.2) is 30.3 Å². The van der Waals surface area contributed by atoms with Gasteiger partial charge in [-0.25, -0.2) is 4.79 Å². The van der Waals surface area contributed by atoms with Gasteiger partial charge in [-0.05, 0) is 12.5 Å². The maximum absolute atomic E-state index is 12.0. The van der Waals surface area contributed by atoms with E-state index in [0.29, 0.717) is 6.54 Å². The van der Waals surface area contributed by atoms with Crippen LogP contribution in [0.4, 0.5) is 4.79 Å². The number of nitrogens with zero attached hydrogens (tertiary/aromatic N) is 1. The van der Waals surface area contributed by atoms with Crippen molar-refractivity contribution >= 4 is 12.0 Å². The van der Waals surface area contributed by atoms with E-state index in [1.54, 1.807) is 4.90 Å². The van der Waals surface area contributed by atoms with Gasteiger partial charge >= 0.3 is 6.09 Å². The highest BCUT2D eigenvalue weighted by atomic mass is 16.5. The van der Waals surface area contributed by atoms with Gasteiger partial charge < -0.3 is 20.3 Å². The summed E-state index contributed by atoms with van der Waals surface area (Å²) in [4.78, 5) is 25.3. The Balaban J connectivity index is 1.37. The molecule has 0 radical (unpaired) electrons. The van der Waals surface area contributed by atoms with Crippen LogP contribution in [-0.4, -0.2) is 48.1 Å². The zero-order valence-corrected chi connectivity index (χ0v) is 12.0. The predicted molar refractivity (Wildman–Crippen MR) is 76.5 cm³/mol. The van der Waals surface area contributed by atoms with Gasteiger partial charge in [0.1, 0.15) is 13.2 Å². The lowest BCUT2D eigenvalue weighted by Crippen LogP contribution is -2.86. The summed E-state index contributed by atoms with van der Waals surface area (Å²) in [5.74, 6) is -0.0596. The number of ether oxygens (including phenoxy) is 1. The van der Waals surface area contributed by atoms with Crippen molar-refractivity contribution in [3.05, 3.63) is 35.9 Å². The molecule has 0 spiro atoms. The van der Waals surface area contributed by atoms with E-state index in [2.05, 4.69) is 17.6 Å². The lowest BCUT2D eigenvalue weighted by molar-refractivity contribution is -0.155. The van der Waals surface area contributed by atoms with E-state index in [1.807, 2.05) is 30.3 Å². The highest BCUT2D eigenvalue weighted by Crippen LogP contribution is 2.35. The second-order valence-corrected chi connectivity index (χ2v) is 5.75. The quantitative estimate of drug-likeness (QED) is 0.846. The van der Waals surface area contributed by atoms with Crippen molar-refractivity contribution in [2.45, 2.75) is 25.1 Å². The molecule has 1 aromatic carbocycles. The van der Waals surface area contributed by atoms with Crippen molar-refractivity contribution in [1.82, 2.24) is 15.5 Å². The van der Waals surface area contributed by atoms with Gasteiger partial charge in [-0.3, -0.25) is 4.79 Å². The molecular formula is C15H19N3O3. The minimum absolute atomic E-state index is 0.0137. The number of hydrogen-bond acceptors (Lipinski definition) is 4. The molecule has 2 saturated heterocycles. The largest absolute Gasteiger partial charge is 0.445 e. The number of hydrogen-bond donors (Lipinski definition) is 2. The van der Waals surface area contributed by atoms with E-state index in [0.717, 1.165) is 12.1 Å². The van der Waals surface area contributed by atoms with Crippen LogP contribution in [-0.2, 0) is 16.1 Å². The molecule has 0 bridgehead atoms. The summed E-state index contributed by atoms with van der Waals surface area (Å²) in [6.45, 7) is 3.83.